The maximum atomic E-state index is 12.3. The second kappa shape index (κ2) is 8.44. The maximum Gasteiger partial charge on any atom is 0.322 e. The molecule has 0 atom stereocenters. The second-order valence-corrected chi connectivity index (χ2v) is 6.46. The number of amides is 2. The Kier molecular flexibility index (Phi) is 5.80. The number of hydrogen-bond donors (Lipinski definition) is 2. The molecule has 0 radical (unpaired) electrons. The third-order valence-corrected chi connectivity index (χ3v) is 4.70. The molecular weight excluding hydrogens is 332 g/mol. The summed E-state index contributed by atoms with van der Waals surface area (Å²) < 4.78 is 0. The summed E-state index contributed by atoms with van der Waals surface area (Å²) in [5, 5.41) is 13.5. The number of nitrogens with one attached hydrogen (secondary N) is 2. The van der Waals surface area contributed by atoms with E-state index in [0.29, 0.717) is 18.8 Å². The van der Waals surface area contributed by atoms with Gasteiger partial charge in [-0.25, -0.2) is 4.79 Å². The molecule has 1 saturated heterocycles. The Balaban J connectivity index is 1.43. The number of nitrogens with zero attached hydrogens (tertiary/aromatic N) is 2. The third-order valence-electron chi connectivity index (χ3n) is 4.70. The average molecular weight is 355 g/mol. The molecule has 1 aliphatic heterocycles. The average Bonchev–Trinajstić information content (AvgIpc) is 2.68. The van der Waals surface area contributed by atoms with Crippen LogP contribution >= 0.6 is 0 Å². The summed E-state index contributed by atoms with van der Waals surface area (Å²) in [6.45, 7) is 4.36. The standard InChI is InChI=1S/C19H22N4O3/c24-19(20-17-6-8-18(9-7-17)23(25)26)22-14-12-21(13-15-22)11-10-16-4-2-1-3-5-16/h1-9H,10-15H2,(H,20,24)/p+1. The lowest BCUT2D eigenvalue weighted by Crippen LogP contribution is -3.15. The molecular formula is C19H23N4O3+. The molecule has 0 bridgehead atoms. The summed E-state index contributed by atoms with van der Waals surface area (Å²) >= 11 is 0. The van der Waals surface area contributed by atoms with Gasteiger partial charge in [0, 0.05) is 24.2 Å². The van der Waals surface area contributed by atoms with Gasteiger partial charge in [-0.2, -0.15) is 0 Å². The van der Waals surface area contributed by atoms with Crippen LogP contribution in [-0.4, -0.2) is 48.6 Å². The van der Waals surface area contributed by atoms with E-state index in [-0.39, 0.29) is 11.7 Å². The molecule has 26 heavy (non-hydrogen) atoms. The zero-order valence-corrected chi connectivity index (χ0v) is 14.6. The molecule has 1 heterocycles. The minimum Gasteiger partial charge on any atom is -0.332 e. The minimum absolute atomic E-state index is 0.0126. The number of benzene rings is 2. The normalized spacial score (nSPS) is 14.8. The lowest BCUT2D eigenvalue weighted by Gasteiger charge is -2.32. The molecule has 1 fully saturated rings. The van der Waals surface area contributed by atoms with Crippen molar-refractivity contribution in [3.8, 4) is 0 Å². The minimum atomic E-state index is -0.455. The van der Waals surface area contributed by atoms with Crippen LogP contribution in [0.4, 0.5) is 16.2 Å². The van der Waals surface area contributed by atoms with E-state index in [9.17, 15) is 14.9 Å². The van der Waals surface area contributed by atoms with E-state index in [1.165, 1.54) is 22.6 Å². The Hall–Kier alpha value is -2.93. The Morgan fingerprint density at radius 2 is 1.73 bits per heavy atom. The van der Waals surface area contributed by atoms with Gasteiger partial charge in [0.15, 0.2) is 0 Å². The molecule has 1 aliphatic rings. The van der Waals surface area contributed by atoms with Crippen molar-refractivity contribution in [1.29, 1.82) is 0 Å². The van der Waals surface area contributed by atoms with Gasteiger partial charge in [0.25, 0.3) is 5.69 Å². The summed E-state index contributed by atoms with van der Waals surface area (Å²) in [5.41, 5.74) is 1.93. The number of carbonyl (C=O) groups excluding carboxylic acids is 1. The molecule has 0 unspecified atom stereocenters. The number of nitro groups is 1. The summed E-state index contributed by atoms with van der Waals surface area (Å²) in [5.74, 6) is 0. The number of rotatable bonds is 5. The number of anilines is 1. The third kappa shape index (κ3) is 4.80. The highest BCUT2D eigenvalue weighted by atomic mass is 16.6. The number of piperazine rings is 1. The van der Waals surface area contributed by atoms with E-state index in [1.54, 1.807) is 17.0 Å². The zero-order valence-electron chi connectivity index (χ0n) is 14.6. The molecule has 0 saturated carbocycles. The van der Waals surface area contributed by atoms with Gasteiger partial charge in [0.1, 0.15) is 0 Å². The van der Waals surface area contributed by atoms with Crippen LogP contribution in [0.25, 0.3) is 0 Å². The van der Waals surface area contributed by atoms with Gasteiger partial charge in [0.2, 0.25) is 0 Å². The molecule has 0 aromatic heterocycles. The van der Waals surface area contributed by atoms with Crippen molar-refractivity contribution in [3.05, 3.63) is 70.3 Å². The SMILES string of the molecule is O=C(Nc1ccc([N+](=O)[O-])cc1)N1CC[NH+](CCc2ccccc2)CC1. The van der Waals surface area contributed by atoms with E-state index >= 15 is 0 Å². The van der Waals surface area contributed by atoms with Gasteiger partial charge in [0.05, 0.1) is 37.6 Å². The first-order chi connectivity index (χ1) is 12.6. The first kappa shape index (κ1) is 17.9. The van der Waals surface area contributed by atoms with Crippen LogP contribution in [0, 0.1) is 10.1 Å². The highest BCUT2D eigenvalue weighted by Crippen LogP contribution is 2.15. The van der Waals surface area contributed by atoms with Crippen LogP contribution in [0.1, 0.15) is 5.56 Å². The number of hydrogen-bond acceptors (Lipinski definition) is 3. The van der Waals surface area contributed by atoms with Crippen molar-refractivity contribution in [3.63, 3.8) is 0 Å². The van der Waals surface area contributed by atoms with Gasteiger partial charge in [-0.3, -0.25) is 10.1 Å². The summed E-state index contributed by atoms with van der Waals surface area (Å²) in [6.07, 6.45) is 1.05. The van der Waals surface area contributed by atoms with E-state index in [1.807, 2.05) is 6.07 Å². The van der Waals surface area contributed by atoms with Crippen molar-refractivity contribution in [1.82, 2.24) is 4.90 Å². The number of urea groups is 1. The lowest BCUT2D eigenvalue weighted by molar-refractivity contribution is -0.903. The largest absolute Gasteiger partial charge is 0.332 e. The highest BCUT2D eigenvalue weighted by Gasteiger charge is 2.23. The van der Waals surface area contributed by atoms with Crippen molar-refractivity contribution in [2.75, 3.05) is 38.0 Å². The molecule has 0 aliphatic carbocycles. The summed E-state index contributed by atoms with van der Waals surface area (Å²) in [4.78, 5) is 25.9. The molecule has 2 aromatic rings. The predicted molar refractivity (Wildman–Crippen MR) is 99.4 cm³/mol. The van der Waals surface area contributed by atoms with Crippen molar-refractivity contribution < 1.29 is 14.6 Å². The van der Waals surface area contributed by atoms with Crippen LogP contribution in [0.5, 0.6) is 0 Å². The lowest BCUT2D eigenvalue weighted by atomic mass is 10.1. The second-order valence-electron chi connectivity index (χ2n) is 6.46. The molecule has 136 valence electrons. The smallest absolute Gasteiger partial charge is 0.322 e. The van der Waals surface area contributed by atoms with Crippen LogP contribution in [-0.2, 0) is 6.42 Å². The molecule has 2 N–H and O–H groups in total. The first-order valence-electron chi connectivity index (χ1n) is 8.80. The van der Waals surface area contributed by atoms with Gasteiger partial charge in [-0.1, -0.05) is 30.3 Å². The predicted octanol–water partition coefficient (Wildman–Crippen LogP) is 1.57. The van der Waals surface area contributed by atoms with Crippen LogP contribution in [0.2, 0.25) is 0 Å². The van der Waals surface area contributed by atoms with Gasteiger partial charge >= 0.3 is 6.03 Å². The fourth-order valence-electron chi connectivity index (χ4n) is 3.11. The van der Waals surface area contributed by atoms with Gasteiger partial charge in [-0.15, -0.1) is 0 Å². The van der Waals surface area contributed by atoms with Crippen LogP contribution in [0.3, 0.4) is 0 Å². The number of quaternary nitrogens is 1. The summed E-state index contributed by atoms with van der Waals surface area (Å²) in [7, 11) is 0. The molecule has 2 amide bonds. The first-order valence-corrected chi connectivity index (χ1v) is 8.80. The Bertz CT molecular complexity index is 741. The zero-order chi connectivity index (χ0) is 18.4. The van der Waals surface area contributed by atoms with Crippen molar-refractivity contribution in [2.24, 2.45) is 0 Å². The highest BCUT2D eigenvalue weighted by molar-refractivity contribution is 5.89. The van der Waals surface area contributed by atoms with Crippen molar-refractivity contribution in [2.45, 2.75) is 6.42 Å². The quantitative estimate of drug-likeness (QED) is 0.631. The molecule has 2 aromatic carbocycles. The Morgan fingerprint density at radius 3 is 2.35 bits per heavy atom. The van der Waals surface area contributed by atoms with Crippen molar-refractivity contribution >= 4 is 17.4 Å². The fraction of sp³-hybridized carbons (Fsp3) is 0.316. The van der Waals surface area contributed by atoms with Gasteiger partial charge in [-0.05, 0) is 17.7 Å². The van der Waals surface area contributed by atoms with Crippen LogP contribution < -0.4 is 10.2 Å². The topological polar surface area (TPSA) is 79.9 Å². The van der Waals surface area contributed by atoms with Gasteiger partial charge < -0.3 is 15.1 Å². The molecule has 7 heteroatoms. The van der Waals surface area contributed by atoms with Crippen LogP contribution in [0.15, 0.2) is 54.6 Å². The number of non-ortho nitro benzene ring substituents is 1. The Morgan fingerprint density at radius 1 is 1.08 bits per heavy atom. The molecule has 0 spiro atoms. The number of carbonyl (C=O) groups is 1. The molecule has 3 rings (SSSR count). The van der Waals surface area contributed by atoms with E-state index in [2.05, 4.69) is 29.6 Å². The monoisotopic (exact) mass is 355 g/mol. The van der Waals surface area contributed by atoms with E-state index < -0.39 is 4.92 Å². The Labute approximate surface area is 152 Å². The van der Waals surface area contributed by atoms with E-state index in [4.69, 9.17) is 0 Å². The summed E-state index contributed by atoms with van der Waals surface area (Å²) in [6, 6.07) is 16.2. The molecule has 7 nitrogen and oxygen atoms in total. The fourth-order valence-corrected chi connectivity index (χ4v) is 3.11. The van der Waals surface area contributed by atoms with E-state index in [0.717, 1.165) is 26.1 Å². The maximum absolute atomic E-state index is 12.3. The number of nitro benzene ring substituents is 1.